The Hall–Kier alpha value is -4.53. The van der Waals surface area contributed by atoms with E-state index in [0.29, 0.717) is 17.2 Å². The molecular formula is C54H81N3O6. The number of hydrogen-bond donors (Lipinski definition) is 3. The highest BCUT2D eigenvalue weighted by Gasteiger charge is 2.33. The Morgan fingerprint density at radius 1 is 0.333 bits per heavy atom. The summed E-state index contributed by atoms with van der Waals surface area (Å²) in [6.45, 7) is 38.9. The molecule has 0 aliphatic heterocycles. The second-order valence-electron chi connectivity index (χ2n) is 21.6. The van der Waals surface area contributed by atoms with Crippen LogP contribution in [0.25, 0.3) is 0 Å². The number of aromatic hydroxyl groups is 3. The minimum atomic E-state index is -0.271. The van der Waals surface area contributed by atoms with Gasteiger partial charge in [-0.15, -0.1) is 15.0 Å². The van der Waals surface area contributed by atoms with Crippen molar-refractivity contribution in [1.29, 1.82) is 0 Å². The molecule has 0 aliphatic carbocycles. The van der Waals surface area contributed by atoms with Crippen LogP contribution in [0.5, 0.6) is 35.3 Å². The molecule has 9 nitrogen and oxygen atoms in total. The lowest BCUT2D eigenvalue weighted by Crippen LogP contribution is -2.22. The van der Waals surface area contributed by atoms with Gasteiger partial charge >= 0.3 is 18.0 Å². The van der Waals surface area contributed by atoms with E-state index in [0.717, 1.165) is 88.6 Å². The highest BCUT2D eigenvalue weighted by molar-refractivity contribution is 5.52. The maximum atomic E-state index is 11.6. The van der Waals surface area contributed by atoms with E-state index in [-0.39, 0.29) is 70.3 Å². The molecule has 3 aromatic carbocycles. The van der Waals surface area contributed by atoms with Crippen LogP contribution in [0.3, 0.4) is 0 Å². The third kappa shape index (κ3) is 11.4. The molecule has 0 fully saturated rings. The summed E-state index contributed by atoms with van der Waals surface area (Å²) < 4.78 is 19.2. The predicted molar refractivity (Wildman–Crippen MR) is 257 cm³/mol. The number of phenols is 3. The molecule has 3 N–H and O–H groups in total. The first kappa shape index (κ1) is 51.1. The molecule has 1 aromatic heterocycles. The fourth-order valence-corrected chi connectivity index (χ4v) is 7.53. The molecule has 0 aliphatic rings. The molecule has 0 spiro atoms. The molecule has 0 amide bonds. The summed E-state index contributed by atoms with van der Waals surface area (Å²) >= 11 is 0. The van der Waals surface area contributed by atoms with Crippen molar-refractivity contribution in [3.8, 4) is 35.3 Å². The summed E-state index contributed by atoms with van der Waals surface area (Å²) in [4.78, 5) is 14.0. The smallest absolute Gasteiger partial charge is 0.326 e. The van der Waals surface area contributed by atoms with E-state index in [1.54, 1.807) is 0 Å². The van der Waals surface area contributed by atoms with E-state index in [2.05, 4.69) is 140 Å². The van der Waals surface area contributed by atoms with E-state index in [1.807, 2.05) is 36.4 Å². The molecule has 0 saturated carbocycles. The van der Waals surface area contributed by atoms with Crippen molar-refractivity contribution in [2.45, 2.75) is 215 Å². The van der Waals surface area contributed by atoms with Crippen LogP contribution < -0.4 is 14.2 Å². The maximum Gasteiger partial charge on any atom is 0.326 e. The van der Waals surface area contributed by atoms with Crippen LogP contribution in [0.4, 0.5) is 0 Å². The lowest BCUT2D eigenvalue weighted by molar-refractivity contribution is 0.222. The number of phenolic OH excluding ortho intramolecular Hbond substituents is 3. The molecule has 63 heavy (non-hydrogen) atoms. The van der Waals surface area contributed by atoms with Crippen molar-refractivity contribution in [2.24, 2.45) is 0 Å². The first-order chi connectivity index (χ1) is 29.1. The second-order valence-corrected chi connectivity index (χ2v) is 21.6. The van der Waals surface area contributed by atoms with Gasteiger partial charge in [-0.05, 0) is 124 Å². The molecule has 348 valence electrons. The molecule has 9 heteroatoms. The quantitative estimate of drug-likeness (QED) is 0.0750. The Bertz CT molecular complexity index is 1850. The largest absolute Gasteiger partial charge is 0.507 e. The summed E-state index contributed by atoms with van der Waals surface area (Å²) in [6, 6.07) is 12.2. The summed E-state index contributed by atoms with van der Waals surface area (Å²) in [6.07, 6.45) is 5.07. The van der Waals surface area contributed by atoms with E-state index < -0.39 is 0 Å². The fraction of sp³-hybridized carbons (Fsp3) is 0.611. The van der Waals surface area contributed by atoms with Crippen molar-refractivity contribution in [2.75, 3.05) is 0 Å². The fourth-order valence-electron chi connectivity index (χ4n) is 7.53. The third-order valence-corrected chi connectivity index (χ3v) is 14.9. The number of nitrogens with zero attached hydrogens (tertiary/aromatic N) is 3. The third-order valence-electron chi connectivity index (χ3n) is 14.9. The van der Waals surface area contributed by atoms with E-state index >= 15 is 0 Å². The van der Waals surface area contributed by atoms with E-state index in [9.17, 15) is 15.3 Å². The number of rotatable bonds is 21. The number of hydrogen-bond acceptors (Lipinski definition) is 9. The SMILES string of the molecule is CCC(C)(C)c1cc(COc2nc(OCc3cc(C(C)(C)CC)c(O)c(C(C)(C)CC)c3)nc(OCc3cc(C(C)(C)CC)c(O)c(C(C)(C)CC)c3)n2)cc(C(C)(C)CC)c1O. The number of ether oxygens (including phenoxy) is 3. The van der Waals surface area contributed by atoms with Gasteiger partial charge in [0, 0.05) is 33.4 Å². The summed E-state index contributed by atoms with van der Waals surface area (Å²) in [5, 5.41) is 34.8. The van der Waals surface area contributed by atoms with E-state index in [1.165, 1.54) is 0 Å². The second kappa shape index (κ2) is 19.3. The van der Waals surface area contributed by atoms with Crippen molar-refractivity contribution in [3.05, 3.63) is 86.5 Å². The Labute approximate surface area is 380 Å². The van der Waals surface area contributed by atoms with Gasteiger partial charge in [0.05, 0.1) is 0 Å². The van der Waals surface area contributed by atoms with Crippen LogP contribution in [0.1, 0.15) is 213 Å². The van der Waals surface area contributed by atoms with Crippen LogP contribution in [0.2, 0.25) is 0 Å². The Kier molecular flexibility index (Phi) is 15.6. The van der Waals surface area contributed by atoms with Crippen LogP contribution in [0, 0.1) is 0 Å². The first-order valence-electron chi connectivity index (χ1n) is 23.4. The minimum Gasteiger partial charge on any atom is -0.507 e. The zero-order valence-corrected chi connectivity index (χ0v) is 42.2. The van der Waals surface area contributed by atoms with Crippen molar-refractivity contribution < 1.29 is 29.5 Å². The maximum absolute atomic E-state index is 11.6. The topological polar surface area (TPSA) is 127 Å². The van der Waals surface area contributed by atoms with Gasteiger partial charge in [-0.1, -0.05) is 125 Å². The van der Waals surface area contributed by atoms with Crippen LogP contribution >= 0.6 is 0 Å². The molecule has 1 heterocycles. The van der Waals surface area contributed by atoms with Gasteiger partial charge < -0.3 is 29.5 Å². The van der Waals surface area contributed by atoms with Gasteiger partial charge in [-0.2, -0.15) is 0 Å². The first-order valence-corrected chi connectivity index (χ1v) is 23.4. The zero-order chi connectivity index (χ0) is 47.5. The predicted octanol–water partition coefficient (Wildman–Crippen LogP) is 13.9. The highest BCUT2D eigenvalue weighted by Crippen LogP contribution is 2.45. The summed E-state index contributed by atoms with van der Waals surface area (Å²) in [5.41, 5.74) is 6.28. The normalized spacial score (nSPS) is 13.0. The summed E-state index contributed by atoms with van der Waals surface area (Å²) in [5.74, 6) is 0.998. The van der Waals surface area contributed by atoms with Gasteiger partial charge in [-0.3, -0.25) is 0 Å². The van der Waals surface area contributed by atoms with Crippen molar-refractivity contribution in [1.82, 2.24) is 15.0 Å². The van der Waals surface area contributed by atoms with Crippen LogP contribution in [-0.2, 0) is 52.3 Å². The van der Waals surface area contributed by atoms with Crippen LogP contribution in [-0.4, -0.2) is 30.3 Å². The molecular weight excluding hydrogens is 787 g/mol. The molecule has 0 radical (unpaired) electrons. The highest BCUT2D eigenvalue weighted by atomic mass is 16.5. The van der Waals surface area contributed by atoms with Crippen LogP contribution in [0.15, 0.2) is 36.4 Å². The monoisotopic (exact) mass is 868 g/mol. The number of benzene rings is 3. The van der Waals surface area contributed by atoms with Gasteiger partial charge in [0.1, 0.15) is 37.1 Å². The Balaban J connectivity index is 1.82. The Morgan fingerprint density at radius 3 is 0.635 bits per heavy atom. The average Bonchev–Trinajstić information content (AvgIpc) is 3.24. The van der Waals surface area contributed by atoms with Gasteiger partial charge in [0.15, 0.2) is 0 Å². The van der Waals surface area contributed by atoms with Gasteiger partial charge in [0.25, 0.3) is 0 Å². The van der Waals surface area contributed by atoms with Gasteiger partial charge in [0.2, 0.25) is 0 Å². The van der Waals surface area contributed by atoms with E-state index in [4.69, 9.17) is 14.2 Å². The molecule has 4 aromatic rings. The molecule has 0 saturated heterocycles. The molecule has 0 unspecified atom stereocenters. The standard InChI is InChI=1S/C54H81N3O6/c1-19-49(7,8)37-25-34(26-38(43(37)58)50(9,10)20-2)31-61-46-55-47(62-32-35-27-39(51(11,12)21-3)44(59)40(28-35)52(13,14)22-4)57-48(56-46)63-33-36-29-41(53(15,16)23-5)45(60)42(30-36)54(17,18)24-6/h25-30,58-60H,19-24,31-33H2,1-18H3. The molecule has 4 rings (SSSR count). The average molecular weight is 868 g/mol. The Morgan fingerprint density at radius 2 is 0.492 bits per heavy atom. The lowest BCUT2D eigenvalue weighted by atomic mass is 9.75. The zero-order valence-electron chi connectivity index (χ0n) is 42.2. The lowest BCUT2D eigenvalue weighted by Gasteiger charge is -2.31. The van der Waals surface area contributed by atoms with Crippen molar-refractivity contribution in [3.63, 3.8) is 0 Å². The van der Waals surface area contributed by atoms with Crippen molar-refractivity contribution >= 4 is 0 Å². The molecule has 0 atom stereocenters. The van der Waals surface area contributed by atoms with Gasteiger partial charge in [-0.25, -0.2) is 0 Å². The molecule has 0 bridgehead atoms. The minimum absolute atomic E-state index is 0.0355. The number of aromatic nitrogens is 3. The summed E-state index contributed by atoms with van der Waals surface area (Å²) in [7, 11) is 0.